The standard InChI is InChI=1S/C22H28ClF3N2O3/c1-13(20(30)31)11-15-3-4-16(23)17(12-15)27-19(29)18(14(2)22(24,25)26)28-9-7-21(5-6-21)8-10-28/h3-4,12-14,18H,5-11H2,1-2H3,(H,27,29)(H,30,31)/t13-,14-,18-/m1/s1. The molecule has 31 heavy (non-hydrogen) atoms. The number of alkyl halides is 3. The van der Waals surface area contributed by atoms with E-state index in [1.165, 1.54) is 12.1 Å². The normalized spacial score (nSPS) is 21.4. The molecule has 3 atom stereocenters. The van der Waals surface area contributed by atoms with Crippen molar-refractivity contribution >= 4 is 29.2 Å². The lowest BCUT2D eigenvalue weighted by molar-refractivity contribution is -0.189. The molecule has 9 heteroatoms. The molecule has 1 spiro atoms. The van der Waals surface area contributed by atoms with E-state index in [1.807, 2.05) is 0 Å². The molecule has 1 aromatic rings. The van der Waals surface area contributed by atoms with Crippen molar-refractivity contribution in [2.45, 2.75) is 58.2 Å². The molecule has 2 N–H and O–H groups in total. The summed E-state index contributed by atoms with van der Waals surface area (Å²) in [5, 5.41) is 11.9. The molecule has 0 aromatic heterocycles. The van der Waals surface area contributed by atoms with Crippen molar-refractivity contribution in [3.05, 3.63) is 28.8 Å². The third kappa shape index (κ3) is 5.71. The number of carboxylic acid groups (broad SMARTS) is 1. The molecule has 1 amide bonds. The number of likely N-dealkylation sites (tertiary alicyclic amines) is 1. The summed E-state index contributed by atoms with van der Waals surface area (Å²) in [4.78, 5) is 25.8. The molecule has 1 aliphatic carbocycles. The highest BCUT2D eigenvalue weighted by atomic mass is 35.5. The zero-order valence-corrected chi connectivity index (χ0v) is 18.4. The van der Waals surface area contributed by atoms with E-state index in [0.717, 1.165) is 32.6 Å². The number of hydrogen-bond acceptors (Lipinski definition) is 3. The van der Waals surface area contributed by atoms with Crippen LogP contribution >= 0.6 is 11.6 Å². The molecule has 2 aliphatic rings. The Bertz CT molecular complexity index is 832. The smallest absolute Gasteiger partial charge is 0.393 e. The fourth-order valence-electron chi connectivity index (χ4n) is 4.28. The first-order valence-corrected chi connectivity index (χ1v) is 10.9. The third-order valence-electron chi connectivity index (χ3n) is 6.72. The number of carboxylic acids is 1. The van der Waals surface area contributed by atoms with Gasteiger partial charge in [-0.1, -0.05) is 31.5 Å². The van der Waals surface area contributed by atoms with Gasteiger partial charge in [0.2, 0.25) is 5.91 Å². The van der Waals surface area contributed by atoms with Crippen LogP contribution in [0.2, 0.25) is 5.02 Å². The average molecular weight is 461 g/mol. The first-order valence-electron chi connectivity index (χ1n) is 10.5. The van der Waals surface area contributed by atoms with Crippen LogP contribution in [0, 0.1) is 17.3 Å². The maximum Gasteiger partial charge on any atom is 0.393 e. The summed E-state index contributed by atoms with van der Waals surface area (Å²) in [7, 11) is 0. The highest BCUT2D eigenvalue weighted by molar-refractivity contribution is 6.33. The van der Waals surface area contributed by atoms with Crippen molar-refractivity contribution < 1.29 is 27.9 Å². The number of carbonyl (C=O) groups is 2. The van der Waals surface area contributed by atoms with E-state index in [9.17, 15) is 22.8 Å². The monoisotopic (exact) mass is 460 g/mol. The minimum absolute atomic E-state index is 0.189. The summed E-state index contributed by atoms with van der Waals surface area (Å²) >= 11 is 6.18. The van der Waals surface area contributed by atoms with E-state index < -0.39 is 35.9 Å². The molecular formula is C22H28ClF3N2O3. The van der Waals surface area contributed by atoms with Crippen molar-refractivity contribution in [1.82, 2.24) is 4.90 Å². The topological polar surface area (TPSA) is 69.6 Å². The van der Waals surface area contributed by atoms with Gasteiger partial charge in [0.15, 0.2) is 0 Å². The van der Waals surface area contributed by atoms with E-state index in [0.29, 0.717) is 18.7 Å². The number of rotatable bonds is 7. The zero-order valence-electron chi connectivity index (χ0n) is 17.6. The second-order valence-electron chi connectivity index (χ2n) is 9.06. The second-order valence-corrected chi connectivity index (χ2v) is 9.47. The fourth-order valence-corrected chi connectivity index (χ4v) is 4.45. The van der Waals surface area contributed by atoms with Crippen LogP contribution in [0.3, 0.4) is 0 Å². The molecule has 1 aliphatic heterocycles. The zero-order chi connectivity index (χ0) is 23.0. The Kier molecular flexibility index (Phi) is 6.91. The van der Waals surface area contributed by atoms with Crippen LogP contribution in [-0.4, -0.2) is 47.2 Å². The van der Waals surface area contributed by atoms with E-state index in [-0.39, 0.29) is 22.5 Å². The Morgan fingerprint density at radius 1 is 1.19 bits per heavy atom. The minimum Gasteiger partial charge on any atom is -0.481 e. The number of halogens is 4. The van der Waals surface area contributed by atoms with Gasteiger partial charge in [0.05, 0.1) is 22.5 Å². The Hall–Kier alpha value is -1.80. The van der Waals surface area contributed by atoms with Crippen LogP contribution in [0.5, 0.6) is 0 Å². The van der Waals surface area contributed by atoms with Gasteiger partial charge >= 0.3 is 12.1 Å². The molecule has 1 heterocycles. The Morgan fingerprint density at radius 2 is 1.81 bits per heavy atom. The minimum atomic E-state index is -4.51. The maximum absolute atomic E-state index is 13.6. The number of anilines is 1. The second kappa shape index (κ2) is 8.98. The van der Waals surface area contributed by atoms with Crippen molar-refractivity contribution in [2.24, 2.45) is 17.3 Å². The van der Waals surface area contributed by atoms with Gasteiger partial charge in [0, 0.05) is 0 Å². The number of nitrogens with zero attached hydrogens (tertiary/aromatic N) is 1. The Morgan fingerprint density at radius 3 is 2.32 bits per heavy atom. The predicted octanol–water partition coefficient (Wildman–Crippen LogP) is 4.98. The van der Waals surface area contributed by atoms with E-state index >= 15 is 0 Å². The third-order valence-corrected chi connectivity index (χ3v) is 7.05. The van der Waals surface area contributed by atoms with Gasteiger partial charge in [-0.05, 0) is 68.3 Å². The van der Waals surface area contributed by atoms with Crippen molar-refractivity contribution in [3.8, 4) is 0 Å². The number of amides is 1. The summed E-state index contributed by atoms with van der Waals surface area (Å²) in [6, 6.07) is 3.34. The summed E-state index contributed by atoms with van der Waals surface area (Å²) in [6.45, 7) is 3.52. The van der Waals surface area contributed by atoms with Crippen LogP contribution in [0.25, 0.3) is 0 Å². The van der Waals surface area contributed by atoms with Crippen molar-refractivity contribution in [1.29, 1.82) is 0 Å². The molecule has 3 rings (SSSR count). The Balaban J connectivity index is 1.79. The lowest BCUT2D eigenvalue weighted by Gasteiger charge is -2.40. The lowest BCUT2D eigenvalue weighted by Crippen LogP contribution is -2.54. The Labute approximate surface area is 184 Å². The highest BCUT2D eigenvalue weighted by Crippen LogP contribution is 2.54. The van der Waals surface area contributed by atoms with Crippen LogP contribution in [0.1, 0.15) is 45.1 Å². The van der Waals surface area contributed by atoms with Crippen molar-refractivity contribution in [3.63, 3.8) is 0 Å². The van der Waals surface area contributed by atoms with Gasteiger partial charge in [0.25, 0.3) is 0 Å². The van der Waals surface area contributed by atoms with Crippen molar-refractivity contribution in [2.75, 3.05) is 18.4 Å². The average Bonchev–Trinajstić information content (AvgIpc) is 3.44. The molecular weight excluding hydrogens is 433 g/mol. The molecule has 1 aromatic carbocycles. The molecule has 172 valence electrons. The van der Waals surface area contributed by atoms with Crippen LogP contribution < -0.4 is 5.32 Å². The molecule has 1 saturated heterocycles. The molecule has 2 fully saturated rings. The number of nitrogens with one attached hydrogen (secondary N) is 1. The summed E-state index contributed by atoms with van der Waals surface area (Å²) < 4.78 is 40.8. The largest absolute Gasteiger partial charge is 0.481 e. The number of benzene rings is 1. The number of aliphatic carboxylic acids is 1. The number of hydrogen-bond donors (Lipinski definition) is 2. The van der Waals surface area contributed by atoms with Crippen LogP contribution in [0.15, 0.2) is 18.2 Å². The molecule has 1 saturated carbocycles. The maximum atomic E-state index is 13.6. The quantitative estimate of drug-likeness (QED) is 0.601. The van der Waals surface area contributed by atoms with Gasteiger partial charge < -0.3 is 10.4 Å². The van der Waals surface area contributed by atoms with Gasteiger partial charge in [-0.15, -0.1) is 0 Å². The van der Waals surface area contributed by atoms with Crippen LogP contribution in [0.4, 0.5) is 18.9 Å². The van der Waals surface area contributed by atoms with Crippen LogP contribution in [-0.2, 0) is 16.0 Å². The fraction of sp³-hybridized carbons (Fsp3) is 0.636. The van der Waals surface area contributed by atoms with Gasteiger partial charge in [-0.2, -0.15) is 13.2 Å². The predicted molar refractivity (Wildman–Crippen MR) is 112 cm³/mol. The number of piperidine rings is 1. The van der Waals surface area contributed by atoms with Gasteiger partial charge in [-0.25, -0.2) is 0 Å². The molecule has 0 bridgehead atoms. The van der Waals surface area contributed by atoms with E-state index in [1.54, 1.807) is 17.9 Å². The number of carbonyl (C=O) groups excluding carboxylic acids is 1. The summed E-state index contributed by atoms with van der Waals surface area (Å²) in [5.41, 5.74) is 1.10. The first kappa shape index (κ1) is 23.9. The molecule has 0 unspecified atom stereocenters. The molecule has 5 nitrogen and oxygen atoms in total. The molecule has 0 radical (unpaired) electrons. The van der Waals surface area contributed by atoms with E-state index in [2.05, 4.69) is 5.32 Å². The van der Waals surface area contributed by atoms with E-state index in [4.69, 9.17) is 16.7 Å². The SMILES string of the molecule is C[C@H](Cc1ccc(Cl)c(NC(=O)[C@@H]([C@@H](C)C(F)(F)F)N2CCC3(CC2)CC3)c1)C(=O)O. The first-order chi connectivity index (χ1) is 14.4. The van der Waals surface area contributed by atoms with Gasteiger partial charge in [0.1, 0.15) is 6.04 Å². The summed E-state index contributed by atoms with van der Waals surface area (Å²) in [6.07, 6.45) is -0.450. The lowest BCUT2D eigenvalue weighted by atomic mass is 9.90. The highest BCUT2D eigenvalue weighted by Gasteiger charge is 2.50. The van der Waals surface area contributed by atoms with Gasteiger partial charge in [-0.3, -0.25) is 14.5 Å². The summed E-state index contributed by atoms with van der Waals surface area (Å²) in [5.74, 6) is -4.19.